The van der Waals surface area contributed by atoms with Gasteiger partial charge in [-0.05, 0) is 11.3 Å². The van der Waals surface area contributed by atoms with E-state index in [1.165, 1.54) is 12.5 Å². The van der Waals surface area contributed by atoms with Gasteiger partial charge in [-0.3, -0.25) is 0 Å². The van der Waals surface area contributed by atoms with Crippen molar-refractivity contribution in [3.05, 3.63) is 37.2 Å². The molecule has 0 N–H and O–H groups in total. The van der Waals surface area contributed by atoms with Gasteiger partial charge in [-0.1, -0.05) is 0 Å². The lowest BCUT2D eigenvalue weighted by Crippen LogP contribution is -1.78. The molecule has 2 heterocycles. The van der Waals surface area contributed by atoms with E-state index in [2.05, 4.69) is 30.6 Å². The summed E-state index contributed by atoms with van der Waals surface area (Å²) in [6.07, 6.45) is 7.65. The second-order valence-corrected chi connectivity index (χ2v) is 1.60. The normalized spacial score (nSPS) is 8.00. The molecular formula is C6H6N6. The van der Waals surface area contributed by atoms with Gasteiger partial charge in [0.15, 0.2) is 0 Å². The Bertz CT molecular complexity index is 187. The highest BCUT2D eigenvalue weighted by atomic mass is 15.3. The van der Waals surface area contributed by atoms with E-state index < -0.39 is 0 Å². The minimum atomic E-state index is 1.39. The van der Waals surface area contributed by atoms with Gasteiger partial charge in [0.2, 0.25) is 0 Å². The Kier molecular flexibility index (Phi) is 3.91. The largest absolute Gasteiger partial charge is 0.241 e. The van der Waals surface area contributed by atoms with Crippen LogP contribution in [0.2, 0.25) is 0 Å². The maximum Gasteiger partial charge on any atom is 0.138 e. The summed E-state index contributed by atoms with van der Waals surface area (Å²) in [4.78, 5) is 3.61. The summed E-state index contributed by atoms with van der Waals surface area (Å²) >= 11 is 0. The van der Waals surface area contributed by atoms with E-state index in [4.69, 9.17) is 0 Å². The summed E-state index contributed by atoms with van der Waals surface area (Å²) in [5.41, 5.74) is 0. The number of rotatable bonds is 0. The third-order valence-electron chi connectivity index (χ3n) is 0.813. The monoisotopic (exact) mass is 162 g/mol. The smallest absolute Gasteiger partial charge is 0.138 e. The molecular weight excluding hydrogens is 156 g/mol. The first-order valence-corrected chi connectivity index (χ1v) is 3.15. The van der Waals surface area contributed by atoms with Crippen molar-refractivity contribution >= 4 is 0 Å². The summed E-state index contributed by atoms with van der Waals surface area (Å²) in [5.74, 6) is 0. The van der Waals surface area contributed by atoms with E-state index >= 15 is 0 Å². The molecule has 0 unspecified atom stereocenters. The van der Waals surface area contributed by atoms with Gasteiger partial charge in [-0.2, -0.15) is 5.10 Å². The van der Waals surface area contributed by atoms with Crippen molar-refractivity contribution < 1.29 is 0 Å². The van der Waals surface area contributed by atoms with Crippen molar-refractivity contribution in [3.63, 3.8) is 0 Å². The van der Waals surface area contributed by atoms with Crippen molar-refractivity contribution in [1.29, 1.82) is 0 Å². The first kappa shape index (κ1) is 8.12. The second kappa shape index (κ2) is 5.78. The Morgan fingerprint density at radius 3 is 1.67 bits per heavy atom. The van der Waals surface area contributed by atoms with Crippen LogP contribution in [0.3, 0.4) is 0 Å². The molecule has 0 saturated heterocycles. The SMILES string of the molecule is c1cnncn1.c1cnnnc1. The Morgan fingerprint density at radius 2 is 1.50 bits per heavy atom. The highest BCUT2D eigenvalue weighted by Gasteiger charge is 1.61. The van der Waals surface area contributed by atoms with Crippen molar-refractivity contribution in [2.24, 2.45) is 0 Å². The fourth-order valence-electron chi connectivity index (χ4n) is 0.410. The molecule has 0 aromatic carbocycles. The van der Waals surface area contributed by atoms with E-state index in [0.29, 0.717) is 0 Å². The molecule has 60 valence electrons. The summed E-state index contributed by atoms with van der Waals surface area (Å²) in [6, 6.07) is 1.72. The van der Waals surface area contributed by atoms with Crippen molar-refractivity contribution in [3.8, 4) is 0 Å². The average Bonchev–Trinajstić information content (AvgIpc) is 2.24. The Balaban J connectivity index is 0.000000120. The molecule has 0 spiro atoms. The molecule has 0 bridgehead atoms. The van der Waals surface area contributed by atoms with Gasteiger partial charge in [0, 0.05) is 6.20 Å². The lowest BCUT2D eigenvalue weighted by molar-refractivity contribution is 0.865. The van der Waals surface area contributed by atoms with Gasteiger partial charge in [-0.15, -0.1) is 15.3 Å². The minimum Gasteiger partial charge on any atom is -0.241 e. The van der Waals surface area contributed by atoms with Gasteiger partial charge < -0.3 is 0 Å². The summed E-state index contributed by atoms with van der Waals surface area (Å²) in [7, 11) is 0. The van der Waals surface area contributed by atoms with Gasteiger partial charge in [0.05, 0.1) is 18.6 Å². The van der Waals surface area contributed by atoms with Gasteiger partial charge >= 0.3 is 0 Å². The molecule has 2 aromatic rings. The van der Waals surface area contributed by atoms with Crippen LogP contribution in [0.4, 0.5) is 0 Å². The molecule has 0 fully saturated rings. The zero-order valence-electron chi connectivity index (χ0n) is 6.15. The van der Waals surface area contributed by atoms with Gasteiger partial charge in [0.1, 0.15) is 6.33 Å². The van der Waals surface area contributed by atoms with E-state index in [-0.39, 0.29) is 0 Å². The molecule has 0 saturated carbocycles. The maximum absolute atomic E-state index is 3.61. The Labute approximate surface area is 68.7 Å². The molecule has 6 nitrogen and oxygen atoms in total. The zero-order chi connectivity index (χ0) is 8.49. The number of aromatic nitrogens is 6. The molecule has 2 rings (SSSR count). The van der Waals surface area contributed by atoms with Crippen LogP contribution in [0.25, 0.3) is 0 Å². The van der Waals surface area contributed by atoms with Crippen LogP contribution in [0.15, 0.2) is 37.2 Å². The van der Waals surface area contributed by atoms with Crippen LogP contribution >= 0.6 is 0 Å². The highest BCUT2D eigenvalue weighted by molar-refractivity contribution is 4.69. The minimum absolute atomic E-state index is 1.39. The quantitative estimate of drug-likeness (QED) is 0.531. The average molecular weight is 162 g/mol. The summed E-state index contributed by atoms with van der Waals surface area (Å²) in [6.45, 7) is 0. The van der Waals surface area contributed by atoms with Crippen molar-refractivity contribution in [2.45, 2.75) is 0 Å². The molecule has 0 aliphatic heterocycles. The molecule has 0 atom stereocenters. The maximum atomic E-state index is 3.61. The van der Waals surface area contributed by atoms with E-state index in [9.17, 15) is 0 Å². The van der Waals surface area contributed by atoms with E-state index in [1.54, 1.807) is 24.7 Å². The predicted molar refractivity (Wildman–Crippen MR) is 39.7 cm³/mol. The van der Waals surface area contributed by atoms with Crippen LogP contribution in [-0.4, -0.2) is 30.6 Å². The third kappa shape index (κ3) is 3.94. The molecule has 0 aliphatic rings. The Morgan fingerprint density at radius 1 is 0.667 bits per heavy atom. The van der Waals surface area contributed by atoms with Crippen molar-refractivity contribution in [1.82, 2.24) is 30.6 Å². The van der Waals surface area contributed by atoms with Crippen LogP contribution in [-0.2, 0) is 0 Å². The second-order valence-electron chi connectivity index (χ2n) is 1.60. The highest BCUT2D eigenvalue weighted by Crippen LogP contribution is 1.61. The third-order valence-corrected chi connectivity index (χ3v) is 0.813. The van der Waals surface area contributed by atoms with Crippen LogP contribution in [0, 0.1) is 0 Å². The first-order chi connectivity index (χ1) is 6.00. The fourth-order valence-corrected chi connectivity index (χ4v) is 0.410. The van der Waals surface area contributed by atoms with Crippen molar-refractivity contribution in [2.75, 3.05) is 0 Å². The lowest BCUT2D eigenvalue weighted by atomic mass is 10.7. The molecule has 0 aliphatic carbocycles. The van der Waals surface area contributed by atoms with Crippen LogP contribution in [0.5, 0.6) is 0 Å². The number of hydrogen-bond donors (Lipinski definition) is 0. The predicted octanol–water partition coefficient (Wildman–Crippen LogP) is -0.257. The number of hydrogen-bond acceptors (Lipinski definition) is 6. The topological polar surface area (TPSA) is 77.3 Å². The Hall–Kier alpha value is -1.98. The summed E-state index contributed by atoms with van der Waals surface area (Å²) in [5, 5.41) is 17.0. The number of nitrogens with zero attached hydrogens (tertiary/aromatic N) is 6. The molecule has 12 heavy (non-hydrogen) atoms. The van der Waals surface area contributed by atoms with Gasteiger partial charge in [-0.25, -0.2) is 4.98 Å². The lowest BCUT2D eigenvalue weighted by Gasteiger charge is -1.69. The van der Waals surface area contributed by atoms with Crippen LogP contribution < -0.4 is 0 Å². The molecule has 0 radical (unpaired) electrons. The molecule has 0 amide bonds. The standard InChI is InChI=1S/2C3H3N3/c1-2-5-6-3-4-1;1-2-4-6-5-3-1/h2*1-3H. The first-order valence-electron chi connectivity index (χ1n) is 3.15. The molecule has 2 aromatic heterocycles. The fraction of sp³-hybridized carbons (Fsp3) is 0. The van der Waals surface area contributed by atoms with E-state index in [0.717, 1.165) is 0 Å². The molecule has 6 heteroatoms. The summed E-state index contributed by atoms with van der Waals surface area (Å²) < 4.78 is 0. The van der Waals surface area contributed by atoms with Crippen LogP contribution in [0.1, 0.15) is 0 Å². The van der Waals surface area contributed by atoms with E-state index in [1.807, 2.05) is 0 Å². The van der Waals surface area contributed by atoms with Gasteiger partial charge in [0.25, 0.3) is 0 Å². The zero-order valence-corrected chi connectivity index (χ0v) is 6.15.